The summed E-state index contributed by atoms with van der Waals surface area (Å²) in [6.45, 7) is 5.74. The molecule has 0 atom stereocenters. The third-order valence-corrected chi connectivity index (χ3v) is 3.47. The molecule has 0 aliphatic rings. The van der Waals surface area contributed by atoms with Crippen molar-refractivity contribution in [3.63, 3.8) is 0 Å². The molecule has 0 aromatic heterocycles. The van der Waals surface area contributed by atoms with E-state index >= 15 is 0 Å². The Morgan fingerprint density at radius 2 is 1.61 bits per heavy atom. The minimum Gasteiger partial charge on any atom is -0.491 e. The van der Waals surface area contributed by atoms with E-state index in [1.807, 2.05) is 32.0 Å². The number of rotatable bonds is 8. The topological polar surface area (TPSA) is 27.7 Å². The lowest BCUT2D eigenvalue weighted by Gasteiger charge is -2.17. The summed E-state index contributed by atoms with van der Waals surface area (Å²) < 4.78 is 18.5. The van der Waals surface area contributed by atoms with E-state index in [4.69, 9.17) is 14.2 Å². The molecule has 0 radical (unpaired) electrons. The highest BCUT2D eigenvalue weighted by molar-refractivity contribution is 9.11. The van der Waals surface area contributed by atoms with Crippen LogP contribution in [-0.4, -0.2) is 26.1 Å². The molecule has 0 N–H and O–H groups in total. The van der Waals surface area contributed by atoms with Gasteiger partial charge in [0, 0.05) is 19.6 Å². The lowest BCUT2D eigenvalue weighted by atomic mass is 10.3. The zero-order valence-electron chi connectivity index (χ0n) is 10.6. The highest BCUT2D eigenvalue weighted by Gasteiger charge is 2.10. The van der Waals surface area contributed by atoms with Gasteiger partial charge in [-0.2, -0.15) is 0 Å². The van der Waals surface area contributed by atoms with Crippen LogP contribution in [0.3, 0.4) is 0 Å². The maximum absolute atomic E-state index is 5.74. The minimum atomic E-state index is -0.193. The van der Waals surface area contributed by atoms with E-state index in [0.29, 0.717) is 26.2 Å². The van der Waals surface area contributed by atoms with Crippen LogP contribution in [0.4, 0.5) is 0 Å². The molecule has 102 valence electrons. The molecule has 0 bridgehead atoms. The highest BCUT2D eigenvalue weighted by atomic mass is 79.9. The Bertz CT molecular complexity index is 332. The van der Waals surface area contributed by atoms with E-state index in [-0.39, 0.29) is 6.29 Å². The zero-order chi connectivity index (χ0) is 13.4. The van der Waals surface area contributed by atoms with Crippen LogP contribution in [0.1, 0.15) is 20.3 Å². The Hall–Kier alpha value is -0.100. The average molecular weight is 382 g/mol. The standard InChI is InChI=1S/C13H18Br2O3/c1-3-16-12(17-4-2)8-9-18-13-10(14)6-5-7-11(13)15/h5-7,12H,3-4,8-9H2,1-2H3. The van der Waals surface area contributed by atoms with Crippen molar-refractivity contribution in [3.05, 3.63) is 27.1 Å². The van der Waals surface area contributed by atoms with Gasteiger partial charge >= 0.3 is 0 Å². The van der Waals surface area contributed by atoms with Crippen molar-refractivity contribution in [2.75, 3.05) is 19.8 Å². The summed E-state index contributed by atoms with van der Waals surface area (Å²) in [5, 5.41) is 0. The molecule has 0 aliphatic carbocycles. The van der Waals surface area contributed by atoms with Crippen molar-refractivity contribution >= 4 is 31.9 Å². The molecule has 0 saturated carbocycles. The second-order valence-electron chi connectivity index (χ2n) is 3.53. The number of ether oxygens (including phenoxy) is 3. The van der Waals surface area contributed by atoms with Gasteiger partial charge in [0.05, 0.1) is 15.6 Å². The van der Waals surface area contributed by atoms with Crippen molar-refractivity contribution in [2.24, 2.45) is 0 Å². The van der Waals surface area contributed by atoms with Gasteiger partial charge in [-0.15, -0.1) is 0 Å². The van der Waals surface area contributed by atoms with E-state index in [1.165, 1.54) is 0 Å². The van der Waals surface area contributed by atoms with E-state index in [2.05, 4.69) is 31.9 Å². The molecule has 3 nitrogen and oxygen atoms in total. The van der Waals surface area contributed by atoms with Crippen LogP contribution in [0, 0.1) is 0 Å². The molecule has 0 aliphatic heterocycles. The van der Waals surface area contributed by atoms with Gasteiger partial charge in [-0.05, 0) is 57.8 Å². The first-order valence-electron chi connectivity index (χ1n) is 5.99. The fraction of sp³-hybridized carbons (Fsp3) is 0.538. The number of para-hydroxylation sites is 1. The minimum absolute atomic E-state index is 0.193. The van der Waals surface area contributed by atoms with Gasteiger partial charge in [0.25, 0.3) is 0 Å². The van der Waals surface area contributed by atoms with Crippen molar-refractivity contribution in [3.8, 4) is 5.75 Å². The normalized spacial score (nSPS) is 10.9. The molecule has 1 rings (SSSR count). The zero-order valence-corrected chi connectivity index (χ0v) is 13.8. The molecule has 1 aromatic rings. The second-order valence-corrected chi connectivity index (χ2v) is 5.24. The van der Waals surface area contributed by atoms with E-state index in [9.17, 15) is 0 Å². The molecule has 18 heavy (non-hydrogen) atoms. The summed E-state index contributed by atoms with van der Waals surface area (Å²) in [6.07, 6.45) is 0.511. The van der Waals surface area contributed by atoms with Gasteiger partial charge in [0.15, 0.2) is 6.29 Å². The number of hydrogen-bond acceptors (Lipinski definition) is 3. The molecule has 0 saturated heterocycles. The number of hydrogen-bond donors (Lipinski definition) is 0. The summed E-state index contributed by atoms with van der Waals surface area (Å²) in [4.78, 5) is 0. The van der Waals surface area contributed by atoms with Crippen LogP contribution in [0.5, 0.6) is 5.75 Å². The Labute approximate surface area is 125 Å². The molecule has 5 heteroatoms. The van der Waals surface area contributed by atoms with Crippen molar-refractivity contribution < 1.29 is 14.2 Å². The summed E-state index contributed by atoms with van der Waals surface area (Å²) >= 11 is 6.92. The van der Waals surface area contributed by atoms with Gasteiger partial charge in [-0.3, -0.25) is 0 Å². The van der Waals surface area contributed by atoms with E-state index in [1.54, 1.807) is 0 Å². The molecule has 0 fully saturated rings. The van der Waals surface area contributed by atoms with Crippen LogP contribution in [0.15, 0.2) is 27.1 Å². The van der Waals surface area contributed by atoms with Gasteiger partial charge in [-0.1, -0.05) is 6.07 Å². The molecule has 1 aromatic carbocycles. The van der Waals surface area contributed by atoms with E-state index < -0.39 is 0 Å². The van der Waals surface area contributed by atoms with Crippen LogP contribution in [0.25, 0.3) is 0 Å². The predicted molar refractivity (Wildman–Crippen MR) is 79.0 cm³/mol. The van der Waals surface area contributed by atoms with Gasteiger partial charge in [0.2, 0.25) is 0 Å². The molecule has 0 unspecified atom stereocenters. The van der Waals surface area contributed by atoms with E-state index in [0.717, 1.165) is 14.7 Å². The van der Waals surface area contributed by atoms with Crippen molar-refractivity contribution in [1.29, 1.82) is 0 Å². The summed E-state index contributed by atoms with van der Waals surface area (Å²) in [5.41, 5.74) is 0. The number of halogens is 2. The van der Waals surface area contributed by atoms with Crippen LogP contribution < -0.4 is 4.74 Å². The maximum atomic E-state index is 5.74. The Morgan fingerprint density at radius 3 is 2.11 bits per heavy atom. The first-order chi connectivity index (χ1) is 8.69. The smallest absolute Gasteiger partial charge is 0.160 e. The first-order valence-corrected chi connectivity index (χ1v) is 7.57. The lowest BCUT2D eigenvalue weighted by molar-refractivity contribution is -0.142. The Morgan fingerprint density at radius 1 is 1.06 bits per heavy atom. The van der Waals surface area contributed by atoms with Gasteiger partial charge < -0.3 is 14.2 Å². The molecule has 0 heterocycles. The lowest BCUT2D eigenvalue weighted by Crippen LogP contribution is -2.20. The van der Waals surface area contributed by atoms with Crippen LogP contribution in [0.2, 0.25) is 0 Å². The fourth-order valence-corrected chi connectivity index (χ4v) is 2.69. The quantitative estimate of drug-likeness (QED) is 0.625. The Kier molecular flexibility index (Phi) is 7.90. The third kappa shape index (κ3) is 5.26. The van der Waals surface area contributed by atoms with Crippen molar-refractivity contribution in [2.45, 2.75) is 26.6 Å². The highest BCUT2D eigenvalue weighted by Crippen LogP contribution is 2.33. The molecule has 0 spiro atoms. The van der Waals surface area contributed by atoms with Crippen LogP contribution in [-0.2, 0) is 9.47 Å². The molecular formula is C13H18Br2O3. The van der Waals surface area contributed by atoms with Gasteiger partial charge in [-0.25, -0.2) is 0 Å². The summed E-state index contributed by atoms with van der Waals surface area (Å²) in [7, 11) is 0. The predicted octanol–water partition coefficient (Wildman–Crippen LogP) is 4.38. The van der Waals surface area contributed by atoms with Crippen LogP contribution >= 0.6 is 31.9 Å². The third-order valence-electron chi connectivity index (χ3n) is 2.22. The fourth-order valence-electron chi connectivity index (χ4n) is 1.46. The molecular weight excluding hydrogens is 364 g/mol. The summed E-state index contributed by atoms with van der Waals surface area (Å²) in [6, 6.07) is 5.84. The second kappa shape index (κ2) is 8.91. The van der Waals surface area contributed by atoms with Gasteiger partial charge in [0.1, 0.15) is 5.75 Å². The van der Waals surface area contributed by atoms with Crippen molar-refractivity contribution in [1.82, 2.24) is 0 Å². The monoisotopic (exact) mass is 380 g/mol. The SMILES string of the molecule is CCOC(CCOc1c(Br)cccc1Br)OCC. The first kappa shape index (κ1) is 16.0. The number of benzene rings is 1. The molecule has 0 amide bonds. The largest absolute Gasteiger partial charge is 0.491 e. The maximum Gasteiger partial charge on any atom is 0.160 e. The Balaban J connectivity index is 2.44. The summed E-state index contributed by atoms with van der Waals surface area (Å²) in [5.74, 6) is 0.809. The average Bonchev–Trinajstić information content (AvgIpc) is 2.33.